The van der Waals surface area contributed by atoms with E-state index in [1.54, 1.807) is 25.4 Å². The average Bonchev–Trinajstić information content (AvgIpc) is 3.48. The number of nitrogens with two attached hydrogens (primary N) is 1. The van der Waals surface area contributed by atoms with E-state index in [-0.39, 0.29) is 33.0 Å². The van der Waals surface area contributed by atoms with Crippen LogP contribution in [0.4, 0.5) is 5.82 Å². The normalized spacial score (nSPS) is 14.4. The monoisotopic (exact) mass is 599 g/mol. The van der Waals surface area contributed by atoms with Crippen LogP contribution in [-0.4, -0.2) is 77.0 Å². The van der Waals surface area contributed by atoms with Gasteiger partial charge in [0.2, 0.25) is 0 Å². The summed E-state index contributed by atoms with van der Waals surface area (Å²) < 4.78 is 19.0. The highest BCUT2D eigenvalue weighted by molar-refractivity contribution is 6.39. The number of ether oxygens (including phenoxy) is 3. The number of halogens is 2. The number of hydrogen-bond acceptors (Lipinski definition) is 9. The zero-order valence-electron chi connectivity index (χ0n) is 23.0. The Kier molecular flexibility index (Phi) is 8.79. The molecule has 4 heterocycles. The van der Waals surface area contributed by atoms with E-state index in [4.69, 9.17) is 43.1 Å². The molecule has 11 nitrogen and oxygen atoms in total. The molecule has 2 N–H and O–H groups in total. The van der Waals surface area contributed by atoms with Gasteiger partial charge in [0.1, 0.15) is 33.0 Å². The Labute approximate surface area is 247 Å². The molecular formula is C28H31Cl2N7O4. The van der Waals surface area contributed by atoms with Crippen LogP contribution in [0.3, 0.4) is 0 Å². The van der Waals surface area contributed by atoms with Crippen LogP contribution < -0.4 is 20.8 Å². The maximum absolute atomic E-state index is 12.9. The summed E-state index contributed by atoms with van der Waals surface area (Å²) in [5.41, 5.74) is 8.62. The molecule has 41 heavy (non-hydrogen) atoms. The van der Waals surface area contributed by atoms with Gasteiger partial charge in [-0.05, 0) is 25.0 Å². The summed E-state index contributed by atoms with van der Waals surface area (Å²) in [7, 11) is 4.64. The minimum absolute atomic E-state index is 0.113. The van der Waals surface area contributed by atoms with E-state index in [1.165, 1.54) is 20.3 Å². The molecule has 0 bridgehead atoms. The first kappa shape index (κ1) is 28.9. The summed E-state index contributed by atoms with van der Waals surface area (Å²) in [6.07, 6.45) is 7.58. The number of nitrogens with zero attached hydrogens (tertiary/aromatic N) is 6. The van der Waals surface area contributed by atoms with Gasteiger partial charge in [-0.3, -0.25) is 9.48 Å². The Balaban J connectivity index is 1.46. The van der Waals surface area contributed by atoms with Crippen molar-refractivity contribution in [1.29, 1.82) is 0 Å². The number of piperidine rings is 1. The summed E-state index contributed by atoms with van der Waals surface area (Å²) in [4.78, 5) is 19.8. The molecule has 1 aliphatic rings. The van der Waals surface area contributed by atoms with Crippen LogP contribution in [0, 0.1) is 0 Å². The first-order chi connectivity index (χ1) is 19.8. The van der Waals surface area contributed by atoms with E-state index >= 15 is 0 Å². The fourth-order valence-electron chi connectivity index (χ4n) is 4.93. The number of aromatic nitrogens is 5. The lowest BCUT2D eigenvalue weighted by Gasteiger charge is -2.31. The third kappa shape index (κ3) is 5.89. The van der Waals surface area contributed by atoms with Gasteiger partial charge in [0.15, 0.2) is 0 Å². The number of pyridine rings is 1. The molecule has 5 rings (SSSR count). The van der Waals surface area contributed by atoms with Gasteiger partial charge >= 0.3 is 0 Å². The van der Waals surface area contributed by atoms with Crippen molar-refractivity contribution in [2.45, 2.75) is 18.9 Å². The molecule has 4 aromatic rings. The Morgan fingerprint density at radius 3 is 2.37 bits per heavy atom. The molecule has 0 spiro atoms. The molecule has 1 fully saturated rings. The molecule has 13 heteroatoms. The van der Waals surface area contributed by atoms with Gasteiger partial charge < -0.3 is 24.8 Å². The standard InChI is InChI=1S/C28H31Cl2N7O4/c1-39-11-10-35-8-6-19(7-9-35)36-16-18(15-33-36)17-12-20(28(31)32-14-17)21-4-5-24(38)37(34-21)27-25(29)22(40-2)13-23(41-3)26(27)30/h4-5,12-16,19H,6-11H2,1-3H3,(H2,31,32). The molecule has 1 aromatic carbocycles. The number of nitrogen functional groups attached to an aromatic ring is 1. The Bertz CT molecular complexity index is 1570. The second-order valence-corrected chi connectivity index (χ2v) is 10.4. The second-order valence-electron chi connectivity index (χ2n) is 9.66. The highest BCUT2D eigenvalue weighted by Crippen LogP contribution is 2.42. The van der Waals surface area contributed by atoms with Gasteiger partial charge in [-0.15, -0.1) is 0 Å². The summed E-state index contributed by atoms with van der Waals surface area (Å²) in [6, 6.07) is 6.69. The molecule has 1 aliphatic heterocycles. The zero-order valence-corrected chi connectivity index (χ0v) is 24.5. The van der Waals surface area contributed by atoms with Gasteiger partial charge in [-0.1, -0.05) is 23.2 Å². The lowest BCUT2D eigenvalue weighted by molar-refractivity contribution is 0.119. The predicted octanol–water partition coefficient (Wildman–Crippen LogP) is 4.35. The van der Waals surface area contributed by atoms with Crippen LogP contribution in [0.2, 0.25) is 10.0 Å². The lowest BCUT2D eigenvalue weighted by Crippen LogP contribution is -2.36. The minimum atomic E-state index is -0.454. The molecular weight excluding hydrogens is 569 g/mol. The zero-order chi connectivity index (χ0) is 29.1. The number of likely N-dealkylation sites (tertiary alicyclic amines) is 1. The first-order valence-corrected chi connectivity index (χ1v) is 13.8. The molecule has 216 valence electrons. The fourth-order valence-corrected chi connectivity index (χ4v) is 5.59. The molecule has 0 amide bonds. The summed E-state index contributed by atoms with van der Waals surface area (Å²) in [6.45, 7) is 3.69. The van der Waals surface area contributed by atoms with Crippen molar-refractivity contribution in [2.24, 2.45) is 0 Å². The number of rotatable bonds is 9. The van der Waals surface area contributed by atoms with E-state index in [0.29, 0.717) is 17.3 Å². The van der Waals surface area contributed by atoms with Crippen LogP contribution in [0.15, 0.2) is 47.7 Å². The summed E-state index contributed by atoms with van der Waals surface area (Å²) in [5, 5.41) is 9.43. The lowest BCUT2D eigenvalue weighted by atomic mass is 10.0. The van der Waals surface area contributed by atoms with Crippen LogP contribution >= 0.6 is 23.2 Å². The number of benzene rings is 1. The molecule has 0 unspecified atom stereocenters. The first-order valence-electron chi connectivity index (χ1n) is 13.1. The predicted molar refractivity (Wildman–Crippen MR) is 158 cm³/mol. The Morgan fingerprint density at radius 2 is 1.71 bits per heavy atom. The Morgan fingerprint density at radius 1 is 1.00 bits per heavy atom. The smallest absolute Gasteiger partial charge is 0.271 e. The third-order valence-electron chi connectivity index (χ3n) is 7.23. The fraction of sp³-hybridized carbons (Fsp3) is 0.357. The molecule has 0 radical (unpaired) electrons. The van der Waals surface area contributed by atoms with Crippen molar-refractivity contribution in [3.63, 3.8) is 0 Å². The van der Waals surface area contributed by atoms with Gasteiger partial charge in [-0.2, -0.15) is 14.9 Å². The average molecular weight is 601 g/mol. The minimum Gasteiger partial charge on any atom is -0.495 e. The topological polar surface area (TPSA) is 123 Å². The van der Waals surface area contributed by atoms with Crippen LogP contribution in [0.5, 0.6) is 11.5 Å². The van der Waals surface area contributed by atoms with Crippen molar-refractivity contribution in [3.8, 4) is 39.6 Å². The summed E-state index contributed by atoms with van der Waals surface area (Å²) in [5.74, 6) is 0.813. The van der Waals surface area contributed by atoms with Crippen LogP contribution in [-0.2, 0) is 4.74 Å². The third-order valence-corrected chi connectivity index (χ3v) is 7.97. The van der Waals surface area contributed by atoms with Gasteiger partial charge in [0.05, 0.1) is 38.8 Å². The highest BCUT2D eigenvalue weighted by Gasteiger charge is 2.23. The maximum Gasteiger partial charge on any atom is 0.271 e. The van der Waals surface area contributed by atoms with E-state index < -0.39 is 5.56 Å². The van der Waals surface area contributed by atoms with Crippen molar-refractivity contribution in [3.05, 3.63) is 63.3 Å². The molecule has 0 atom stereocenters. The van der Waals surface area contributed by atoms with E-state index in [0.717, 1.165) is 54.9 Å². The SMILES string of the molecule is COCCN1CCC(n2cc(-c3cnc(N)c(-c4ccc(=O)n(-c5c(Cl)c(OC)cc(OC)c5Cl)n4)c3)cn2)CC1. The van der Waals surface area contributed by atoms with Gasteiger partial charge in [0, 0.05) is 68.0 Å². The molecule has 0 aliphatic carbocycles. The van der Waals surface area contributed by atoms with Crippen molar-refractivity contribution < 1.29 is 14.2 Å². The number of anilines is 1. The highest BCUT2D eigenvalue weighted by atomic mass is 35.5. The molecule has 0 saturated carbocycles. The van der Waals surface area contributed by atoms with Gasteiger partial charge in [-0.25, -0.2) is 4.98 Å². The van der Waals surface area contributed by atoms with E-state index in [2.05, 4.69) is 20.1 Å². The van der Waals surface area contributed by atoms with Crippen molar-refractivity contribution in [2.75, 3.05) is 53.3 Å². The van der Waals surface area contributed by atoms with E-state index in [9.17, 15) is 4.79 Å². The van der Waals surface area contributed by atoms with Crippen LogP contribution in [0.25, 0.3) is 28.1 Å². The number of hydrogen-bond donors (Lipinski definition) is 1. The molecule has 3 aromatic heterocycles. The second kappa shape index (κ2) is 12.5. The van der Waals surface area contributed by atoms with Gasteiger partial charge in [0.25, 0.3) is 5.56 Å². The summed E-state index contributed by atoms with van der Waals surface area (Å²) >= 11 is 13.1. The number of methoxy groups -OCH3 is 3. The molecule has 1 saturated heterocycles. The Hall–Kier alpha value is -3.64. The van der Waals surface area contributed by atoms with Crippen LogP contribution in [0.1, 0.15) is 18.9 Å². The van der Waals surface area contributed by atoms with E-state index in [1.807, 2.05) is 23.1 Å². The largest absolute Gasteiger partial charge is 0.495 e. The van der Waals surface area contributed by atoms with Crippen molar-refractivity contribution >= 4 is 29.0 Å². The quantitative estimate of drug-likeness (QED) is 0.299. The van der Waals surface area contributed by atoms with Crippen molar-refractivity contribution in [1.82, 2.24) is 29.4 Å². The maximum atomic E-state index is 12.9.